The third-order valence-electron chi connectivity index (χ3n) is 4.40. The normalized spacial score (nSPS) is 14.6. The van der Waals surface area contributed by atoms with Gasteiger partial charge in [0, 0.05) is 37.9 Å². The van der Waals surface area contributed by atoms with E-state index in [1.165, 1.54) is 18.2 Å². The molecule has 1 saturated heterocycles. The Labute approximate surface area is 173 Å². The molecule has 144 valence electrons. The first-order chi connectivity index (χ1) is 12.5. The van der Waals surface area contributed by atoms with Crippen LogP contribution in [-0.4, -0.2) is 42.0 Å². The van der Waals surface area contributed by atoms with E-state index >= 15 is 0 Å². The van der Waals surface area contributed by atoms with E-state index < -0.39 is 4.92 Å². The number of rotatable bonds is 4. The number of guanidine groups is 1. The molecule has 0 bridgehead atoms. The summed E-state index contributed by atoms with van der Waals surface area (Å²) in [6.07, 6.45) is 0. The van der Waals surface area contributed by atoms with Crippen LogP contribution in [0.15, 0.2) is 53.5 Å². The lowest BCUT2D eigenvalue weighted by atomic mass is 10.2. The first kappa shape index (κ1) is 20.9. The Bertz CT molecular complexity index is 808. The van der Waals surface area contributed by atoms with Crippen molar-refractivity contribution in [3.05, 3.63) is 70.0 Å². The van der Waals surface area contributed by atoms with Crippen molar-refractivity contribution in [2.75, 3.05) is 31.1 Å². The Morgan fingerprint density at radius 2 is 1.74 bits per heavy atom. The fourth-order valence-corrected chi connectivity index (χ4v) is 2.93. The third kappa shape index (κ3) is 5.28. The Hall–Kier alpha value is -2.43. The highest BCUT2D eigenvalue weighted by molar-refractivity contribution is 14.0. The molecule has 0 aliphatic carbocycles. The van der Waals surface area contributed by atoms with E-state index in [1.807, 2.05) is 4.90 Å². The van der Waals surface area contributed by atoms with Gasteiger partial charge in [0.15, 0.2) is 5.96 Å². The minimum Gasteiger partial charge on any atom is -0.370 e. The zero-order valence-electron chi connectivity index (χ0n) is 14.6. The number of nitrogens with zero attached hydrogens (tertiary/aromatic N) is 4. The lowest BCUT2D eigenvalue weighted by Crippen LogP contribution is -2.51. The number of benzene rings is 2. The molecule has 2 aromatic carbocycles. The van der Waals surface area contributed by atoms with Gasteiger partial charge in [-0.15, -0.1) is 24.0 Å². The van der Waals surface area contributed by atoms with Crippen LogP contribution < -0.4 is 10.6 Å². The number of aliphatic imine (C=N–C) groups is 1. The van der Waals surface area contributed by atoms with Gasteiger partial charge >= 0.3 is 0 Å². The zero-order chi connectivity index (χ0) is 18.5. The van der Waals surface area contributed by atoms with Crippen LogP contribution in [0.25, 0.3) is 0 Å². The molecule has 9 heteroatoms. The van der Waals surface area contributed by atoms with E-state index in [2.05, 4.69) is 9.89 Å². The highest BCUT2D eigenvalue weighted by Gasteiger charge is 2.19. The number of anilines is 1. The Morgan fingerprint density at radius 1 is 1.11 bits per heavy atom. The van der Waals surface area contributed by atoms with Crippen molar-refractivity contribution in [1.82, 2.24) is 4.90 Å². The molecule has 0 amide bonds. The molecular formula is C18H21FIN5O2. The van der Waals surface area contributed by atoms with E-state index in [1.54, 1.807) is 30.3 Å². The summed E-state index contributed by atoms with van der Waals surface area (Å²) < 4.78 is 13.0. The molecule has 2 N–H and O–H groups in total. The van der Waals surface area contributed by atoms with Crippen molar-refractivity contribution >= 4 is 41.3 Å². The number of nitro benzene ring substituents is 1. The van der Waals surface area contributed by atoms with Crippen molar-refractivity contribution in [3.63, 3.8) is 0 Å². The number of hydrogen-bond donors (Lipinski definition) is 1. The number of hydrogen-bond acceptors (Lipinski definition) is 4. The van der Waals surface area contributed by atoms with Gasteiger partial charge in [-0.1, -0.05) is 18.2 Å². The second-order valence-electron chi connectivity index (χ2n) is 6.01. The zero-order valence-corrected chi connectivity index (χ0v) is 17.0. The summed E-state index contributed by atoms with van der Waals surface area (Å²) in [5.74, 6) is 0.126. The predicted octanol–water partition coefficient (Wildman–Crippen LogP) is 2.99. The Morgan fingerprint density at radius 3 is 2.37 bits per heavy atom. The maximum atomic E-state index is 13.0. The van der Waals surface area contributed by atoms with Crippen molar-refractivity contribution in [2.24, 2.45) is 10.7 Å². The number of nitro groups is 1. The molecule has 1 aliphatic heterocycles. The van der Waals surface area contributed by atoms with Crippen molar-refractivity contribution in [3.8, 4) is 0 Å². The van der Waals surface area contributed by atoms with Crippen LogP contribution in [0.4, 0.5) is 15.8 Å². The Balaban J connectivity index is 0.00000261. The molecule has 1 aliphatic rings. The highest BCUT2D eigenvalue weighted by atomic mass is 127. The topological polar surface area (TPSA) is 88.0 Å². The SMILES string of the molecule is I.NC(=NCc1ccccc1[N+](=O)[O-])N1CCN(c2ccc(F)cc2)CC1. The lowest BCUT2D eigenvalue weighted by molar-refractivity contribution is -0.385. The molecule has 7 nitrogen and oxygen atoms in total. The van der Waals surface area contributed by atoms with Crippen LogP contribution in [0.1, 0.15) is 5.56 Å². The van der Waals surface area contributed by atoms with E-state index in [-0.39, 0.29) is 42.0 Å². The molecule has 1 heterocycles. The molecule has 0 atom stereocenters. The van der Waals surface area contributed by atoms with Crippen molar-refractivity contribution in [1.29, 1.82) is 0 Å². The standard InChI is InChI=1S/C18H20FN5O2.HI/c19-15-5-7-16(8-6-15)22-9-11-23(12-10-22)18(20)21-13-14-3-1-2-4-17(14)24(25)26;/h1-8H,9-13H2,(H2,20,21);1H. The second-order valence-corrected chi connectivity index (χ2v) is 6.01. The van der Waals surface area contributed by atoms with Gasteiger partial charge in [-0.3, -0.25) is 10.1 Å². The molecule has 1 fully saturated rings. The first-order valence-corrected chi connectivity index (χ1v) is 8.32. The predicted molar refractivity (Wildman–Crippen MR) is 114 cm³/mol. The molecule has 0 saturated carbocycles. The fourth-order valence-electron chi connectivity index (χ4n) is 2.93. The van der Waals surface area contributed by atoms with E-state index in [0.717, 1.165) is 18.8 Å². The van der Waals surface area contributed by atoms with E-state index in [4.69, 9.17) is 5.73 Å². The van der Waals surface area contributed by atoms with Crippen molar-refractivity contribution < 1.29 is 9.31 Å². The van der Waals surface area contributed by atoms with Gasteiger partial charge in [-0.25, -0.2) is 9.38 Å². The van der Waals surface area contributed by atoms with Crippen molar-refractivity contribution in [2.45, 2.75) is 6.54 Å². The van der Waals surface area contributed by atoms with Crippen LogP contribution in [0, 0.1) is 15.9 Å². The fraction of sp³-hybridized carbons (Fsp3) is 0.278. The number of piperazine rings is 1. The van der Waals surface area contributed by atoms with Gasteiger partial charge in [-0.05, 0) is 24.3 Å². The van der Waals surface area contributed by atoms with Gasteiger partial charge in [0.2, 0.25) is 0 Å². The van der Waals surface area contributed by atoms with Crippen LogP contribution in [0.2, 0.25) is 0 Å². The monoisotopic (exact) mass is 485 g/mol. The third-order valence-corrected chi connectivity index (χ3v) is 4.40. The summed E-state index contributed by atoms with van der Waals surface area (Å²) in [6.45, 7) is 3.02. The molecule has 0 aromatic heterocycles. The smallest absolute Gasteiger partial charge is 0.274 e. The van der Waals surface area contributed by atoms with E-state index in [0.29, 0.717) is 24.6 Å². The molecule has 0 unspecified atom stereocenters. The Kier molecular flexibility index (Phi) is 7.34. The van der Waals surface area contributed by atoms with Gasteiger partial charge in [-0.2, -0.15) is 0 Å². The molecule has 0 radical (unpaired) electrons. The summed E-state index contributed by atoms with van der Waals surface area (Å²) in [5.41, 5.74) is 7.62. The molecule has 0 spiro atoms. The van der Waals surface area contributed by atoms with Gasteiger partial charge in [0.1, 0.15) is 5.82 Å². The van der Waals surface area contributed by atoms with Crippen LogP contribution >= 0.6 is 24.0 Å². The average molecular weight is 485 g/mol. The molecule has 27 heavy (non-hydrogen) atoms. The summed E-state index contributed by atoms with van der Waals surface area (Å²) >= 11 is 0. The number of para-hydroxylation sites is 1. The highest BCUT2D eigenvalue weighted by Crippen LogP contribution is 2.19. The average Bonchev–Trinajstić information content (AvgIpc) is 2.67. The maximum absolute atomic E-state index is 13.0. The van der Waals surface area contributed by atoms with Crippen LogP contribution in [0.3, 0.4) is 0 Å². The summed E-state index contributed by atoms with van der Waals surface area (Å²) in [7, 11) is 0. The summed E-state index contributed by atoms with van der Waals surface area (Å²) in [4.78, 5) is 19.1. The number of halogens is 2. The van der Waals surface area contributed by atoms with Gasteiger partial charge < -0.3 is 15.5 Å². The molecule has 2 aromatic rings. The lowest BCUT2D eigenvalue weighted by Gasteiger charge is -2.36. The minimum atomic E-state index is -0.414. The summed E-state index contributed by atoms with van der Waals surface area (Å²) in [6, 6.07) is 12.9. The van der Waals surface area contributed by atoms with Crippen LogP contribution in [0.5, 0.6) is 0 Å². The van der Waals surface area contributed by atoms with Crippen LogP contribution in [-0.2, 0) is 6.54 Å². The quantitative estimate of drug-likeness (QED) is 0.237. The molecule has 3 rings (SSSR count). The first-order valence-electron chi connectivity index (χ1n) is 8.32. The minimum absolute atomic E-state index is 0. The summed E-state index contributed by atoms with van der Waals surface area (Å²) in [5, 5.41) is 11.0. The maximum Gasteiger partial charge on any atom is 0.274 e. The van der Waals surface area contributed by atoms with Gasteiger partial charge in [0.05, 0.1) is 17.0 Å². The number of nitrogens with two attached hydrogens (primary N) is 1. The van der Waals surface area contributed by atoms with Gasteiger partial charge in [0.25, 0.3) is 5.69 Å². The second kappa shape index (κ2) is 9.49. The largest absolute Gasteiger partial charge is 0.370 e. The van der Waals surface area contributed by atoms with E-state index in [9.17, 15) is 14.5 Å². The molecular weight excluding hydrogens is 464 g/mol.